The van der Waals surface area contributed by atoms with E-state index in [-0.39, 0.29) is 11.4 Å². The summed E-state index contributed by atoms with van der Waals surface area (Å²) in [6.07, 6.45) is 0. The zero-order chi connectivity index (χ0) is 14.0. The molecule has 0 unspecified atom stereocenters. The summed E-state index contributed by atoms with van der Waals surface area (Å²) in [6, 6.07) is 5.49. The zero-order valence-electron chi connectivity index (χ0n) is 11.1. The molecule has 0 saturated heterocycles. The number of H-pyrrole nitrogens is 1. The van der Waals surface area contributed by atoms with Crippen LogP contribution in [0.5, 0.6) is 0 Å². The molecule has 0 radical (unpaired) electrons. The second-order valence-corrected chi connectivity index (χ2v) is 6.06. The van der Waals surface area contributed by atoms with E-state index in [9.17, 15) is 8.42 Å². The van der Waals surface area contributed by atoms with Gasteiger partial charge in [-0.15, -0.1) is 0 Å². The van der Waals surface area contributed by atoms with E-state index in [1.165, 1.54) is 0 Å². The Labute approximate surface area is 112 Å². The molecule has 2 rings (SSSR count). The Morgan fingerprint density at radius 1 is 1.26 bits per heavy atom. The normalized spacial score (nSPS) is 11.7. The van der Waals surface area contributed by atoms with Gasteiger partial charge in [0.2, 0.25) is 10.0 Å². The summed E-state index contributed by atoms with van der Waals surface area (Å²) in [5.41, 5.74) is 2.53. The Bertz CT molecular complexity index is 672. The quantitative estimate of drug-likeness (QED) is 0.881. The summed E-state index contributed by atoms with van der Waals surface area (Å²) in [7, 11) is -3.57. The number of hydrogen-bond donors (Lipinski definition) is 2. The van der Waals surface area contributed by atoms with Crippen molar-refractivity contribution in [1.82, 2.24) is 19.9 Å². The van der Waals surface area contributed by atoms with Crippen LogP contribution in [-0.4, -0.2) is 23.6 Å². The summed E-state index contributed by atoms with van der Waals surface area (Å²) >= 11 is 0. The first-order valence-electron chi connectivity index (χ1n) is 5.84. The van der Waals surface area contributed by atoms with Gasteiger partial charge in [0.25, 0.3) is 0 Å². The summed E-state index contributed by atoms with van der Waals surface area (Å²) in [4.78, 5) is 4.46. The minimum absolute atomic E-state index is 0.161. The molecule has 2 heterocycles. The van der Waals surface area contributed by atoms with E-state index >= 15 is 0 Å². The van der Waals surface area contributed by atoms with Gasteiger partial charge in [-0.1, -0.05) is 6.07 Å². The van der Waals surface area contributed by atoms with Crippen molar-refractivity contribution in [3.05, 3.63) is 41.0 Å². The van der Waals surface area contributed by atoms with E-state index in [0.717, 1.165) is 5.69 Å². The molecule has 0 saturated carbocycles. The summed E-state index contributed by atoms with van der Waals surface area (Å²) in [5, 5.41) is 6.56. The molecule has 0 aromatic carbocycles. The molecule has 2 aromatic heterocycles. The number of nitrogens with zero attached hydrogens (tertiary/aromatic N) is 2. The highest BCUT2D eigenvalue weighted by Crippen LogP contribution is 2.16. The molecule has 0 atom stereocenters. The predicted molar refractivity (Wildman–Crippen MR) is 71.1 cm³/mol. The van der Waals surface area contributed by atoms with E-state index < -0.39 is 10.0 Å². The molecule has 0 amide bonds. The standard InChI is InChI=1S/C12H16N4O2S/c1-8-5-4-6-11(14-8)7-13-19(17,18)12-9(2)15-16-10(12)3/h4-6,13H,7H2,1-3H3,(H,15,16). The van der Waals surface area contributed by atoms with Gasteiger partial charge >= 0.3 is 0 Å². The first kappa shape index (κ1) is 13.7. The van der Waals surface area contributed by atoms with Crippen LogP contribution >= 0.6 is 0 Å². The van der Waals surface area contributed by atoms with Gasteiger partial charge in [0.1, 0.15) is 4.90 Å². The smallest absolute Gasteiger partial charge is 0.244 e. The minimum atomic E-state index is -3.57. The fourth-order valence-electron chi connectivity index (χ4n) is 1.88. The van der Waals surface area contributed by atoms with Crippen LogP contribution in [0, 0.1) is 20.8 Å². The van der Waals surface area contributed by atoms with E-state index in [1.54, 1.807) is 19.9 Å². The lowest BCUT2D eigenvalue weighted by Crippen LogP contribution is -2.24. The lowest BCUT2D eigenvalue weighted by molar-refractivity contribution is 0.579. The summed E-state index contributed by atoms with van der Waals surface area (Å²) in [5.74, 6) is 0. The molecule has 0 aliphatic heterocycles. The molecule has 2 aromatic rings. The van der Waals surface area contributed by atoms with Crippen molar-refractivity contribution >= 4 is 10.0 Å². The fraction of sp³-hybridized carbons (Fsp3) is 0.333. The number of rotatable bonds is 4. The van der Waals surface area contributed by atoms with Crippen molar-refractivity contribution in [3.63, 3.8) is 0 Å². The van der Waals surface area contributed by atoms with E-state index in [1.807, 2.05) is 19.1 Å². The van der Waals surface area contributed by atoms with Crippen LogP contribution in [0.2, 0.25) is 0 Å². The van der Waals surface area contributed by atoms with Crippen LogP contribution in [0.15, 0.2) is 23.1 Å². The van der Waals surface area contributed by atoms with Gasteiger partial charge < -0.3 is 0 Å². The molecular formula is C12H16N4O2S. The van der Waals surface area contributed by atoms with Gasteiger partial charge in [-0.2, -0.15) is 5.10 Å². The average Bonchev–Trinajstić information content (AvgIpc) is 2.67. The Hall–Kier alpha value is -1.73. The van der Waals surface area contributed by atoms with Gasteiger partial charge in [-0.05, 0) is 32.9 Å². The Balaban J connectivity index is 2.19. The number of aromatic amines is 1. The van der Waals surface area contributed by atoms with Crippen molar-refractivity contribution in [2.24, 2.45) is 0 Å². The van der Waals surface area contributed by atoms with Crippen molar-refractivity contribution < 1.29 is 8.42 Å². The second-order valence-electron chi connectivity index (χ2n) is 4.36. The van der Waals surface area contributed by atoms with Crippen LogP contribution < -0.4 is 4.72 Å². The largest absolute Gasteiger partial charge is 0.281 e. The van der Waals surface area contributed by atoms with Gasteiger partial charge in [0.05, 0.1) is 23.6 Å². The highest BCUT2D eigenvalue weighted by Gasteiger charge is 2.21. The molecule has 0 spiro atoms. The summed E-state index contributed by atoms with van der Waals surface area (Å²) in [6.45, 7) is 5.36. The molecule has 6 nitrogen and oxygen atoms in total. The average molecular weight is 280 g/mol. The maximum Gasteiger partial charge on any atom is 0.244 e. The monoisotopic (exact) mass is 280 g/mol. The van der Waals surface area contributed by atoms with Crippen molar-refractivity contribution in [1.29, 1.82) is 0 Å². The third kappa shape index (κ3) is 2.99. The maximum absolute atomic E-state index is 12.2. The first-order chi connectivity index (χ1) is 8.90. The highest BCUT2D eigenvalue weighted by molar-refractivity contribution is 7.89. The zero-order valence-corrected chi connectivity index (χ0v) is 11.9. The molecular weight excluding hydrogens is 264 g/mol. The van der Waals surface area contributed by atoms with Crippen molar-refractivity contribution in [2.45, 2.75) is 32.2 Å². The molecule has 0 fully saturated rings. The van der Waals surface area contributed by atoms with Crippen LogP contribution in [0.4, 0.5) is 0 Å². The minimum Gasteiger partial charge on any atom is -0.281 e. The van der Waals surface area contributed by atoms with E-state index in [4.69, 9.17) is 0 Å². The molecule has 0 aliphatic carbocycles. The molecule has 19 heavy (non-hydrogen) atoms. The Morgan fingerprint density at radius 3 is 2.58 bits per heavy atom. The number of aromatic nitrogens is 3. The SMILES string of the molecule is Cc1cccc(CNS(=O)(=O)c2c(C)n[nH]c2C)n1. The number of nitrogens with one attached hydrogen (secondary N) is 2. The van der Waals surface area contributed by atoms with E-state index in [2.05, 4.69) is 19.9 Å². The fourth-order valence-corrected chi connectivity index (χ4v) is 3.24. The number of sulfonamides is 1. The lowest BCUT2D eigenvalue weighted by Gasteiger charge is -2.07. The topological polar surface area (TPSA) is 87.7 Å². The molecule has 2 N–H and O–H groups in total. The number of pyridine rings is 1. The first-order valence-corrected chi connectivity index (χ1v) is 7.32. The molecule has 7 heteroatoms. The third-order valence-electron chi connectivity index (χ3n) is 2.72. The van der Waals surface area contributed by atoms with Gasteiger partial charge in [0, 0.05) is 5.69 Å². The lowest BCUT2D eigenvalue weighted by atomic mass is 10.3. The summed E-state index contributed by atoms with van der Waals surface area (Å²) < 4.78 is 26.9. The predicted octanol–water partition coefficient (Wildman–Crippen LogP) is 1.21. The number of hydrogen-bond acceptors (Lipinski definition) is 4. The van der Waals surface area contributed by atoms with Crippen LogP contribution in [0.1, 0.15) is 22.8 Å². The van der Waals surface area contributed by atoms with Crippen molar-refractivity contribution in [2.75, 3.05) is 0 Å². The Morgan fingerprint density at radius 2 is 2.00 bits per heavy atom. The van der Waals surface area contributed by atoms with Crippen molar-refractivity contribution in [3.8, 4) is 0 Å². The van der Waals surface area contributed by atoms with Crippen LogP contribution in [0.3, 0.4) is 0 Å². The molecule has 0 bridgehead atoms. The van der Waals surface area contributed by atoms with Gasteiger partial charge in [0.15, 0.2) is 0 Å². The van der Waals surface area contributed by atoms with Gasteiger partial charge in [-0.25, -0.2) is 13.1 Å². The number of aryl methyl sites for hydroxylation is 3. The maximum atomic E-state index is 12.2. The Kier molecular flexibility index (Phi) is 3.68. The second kappa shape index (κ2) is 5.10. The molecule has 102 valence electrons. The highest BCUT2D eigenvalue weighted by atomic mass is 32.2. The molecule has 0 aliphatic rings. The third-order valence-corrected chi connectivity index (χ3v) is 4.38. The van der Waals surface area contributed by atoms with Crippen LogP contribution in [-0.2, 0) is 16.6 Å². The van der Waals surface area contributed by atoms with Gasteiger partial charge in [-0.3, -0.25) is 10.1 Å². The van der Waals surface area contributed by atoms with Crippen LogP contribution in [0.25, 0.3) is 0 Å². The van der Waals surface area contributed by atoms with E-state index in [0.29, 0.717) is 17.1 Å².